The van der Waals surface area contributed by atoms with E-state index in [1.54, 1.807) is 22.3 Å². The van der Waals surface area contributed by atoms with E-state index in [4.69, 9.17) is 0 Å². The van der Waals surface area contributed by atoms with Crippen molar-refractivity contribution in [3.8, 4) is 0 Å². The monoisotopic (exact) mass is 184 g/mol. The number of allylic oxidation sites excluding steroid dienone is 2. The van der Waals surface area contributed by atoms with Gasteiger partial charge in [-0.3, -0.25) is 0 Å². The zero-order valence-electron chi connectivity index (χ0n) is 8.88. The standard InChI is InChI=1S/C14H16/c1-3-9(2)13-12-8-10-6-4-5-7-11(10)14(12)13/h4-7,12,14H,3,8H2,1-2H3/b13-9-/t12-,14-/m1/s1. The van der Waals surface area contributed by atoms with Crippen molar-refractivity contribution in [2.24, 2.45) is 5.92 Å². The Morgan fingerprint density at radius 1 is 1.36 bits per heavy atom. The van der Waals surface area contributed by atoms with Crippen LogP contribution in [0.1, 0.15) is 37.3 Å². The topological polar surface area (TPSA) is 0 Å². The highest BCUT2D eigenvalue weighted by Gasteiger charge is 2.50. The molecule has 0 aromatic heterocycles. The number of fused-ring (bicyclic) bond motifs is 3. The van der Waals surface area contributed by atoms with Gasteiger partial charge in [0.1, 0.15) is 0 Å². The third kappa shape index (κ3) is 0.943. The molecule has 3 rings (SSSR count). The summed E-state index contributed by atoms with van der Waals surface area (Å²) in [4.78, 5) is 0. The molecular formula is C14H16. The summed E-state index contributed by atoms with van der Waals surface area (Å²) in [7, 11) is 0. The van der Waals surface area contributed by atoms with Gasteiger partial charge in [-0.15, -0.1) is 0 Å². The highest BCUT2D eigenvalue weighted by molar-refractivity contribution is 5.56. The first-order valence-electron chi connectivity index (χ1n) is 5.60. The fourth-order valence-electron chi connectivity index (χ4n) is 2.98. The van der Waals surface area contributed by atoms with Crippen LogP contribution in [0.4, 0.5) is 0 Å². The summed E-state index contributed by atoms with van der Waals surface area (Å²) in [5.74, 6) is 1.69. The molecule has 0 radical (unpaired) electrons. The lowest BCUT2D eigenvalue weighted by atomic mass is 10.0. The van der Waals surface area contributed by atoms with Gasteiger partial charge < -0.3 is 0 Å². The maximum absolute atomic E-state index is 2.32. The summed E-state index contributed by atoms with van der Waals surface area (Å²) in [6.45, 7) is 4.57. The van der Waals surface area contributed by atoms with Crippen molar-refractivity contribution >= 4 is 0 Å². The van der Waals surface area contributed by atoms with E-state index in [2.05, 4.69) is 38.1 Å². The van der Waals surface area contributed by atoms with E-state index in [1.807, 2.05) is 0 Å². The zero-order chi connectivity index (χ0) is 9.71. The molecule has 0 unspecified atom stereocenters. The summed E-state index contributed by atoms with van der Waals surface area (Å²) >= 11 is 0. The van der Waals surface area contributed by atoms with E-state index in [9.17, 15) is 0 Å². The van der Waals surface area contributed by atoms with Gasteiger partial charge in [0.05, 0.1) is 0 Å². The largest absolute Gasteiger partial charge is 0.0734 e. The van der Waals surface area contributed by atoms with Crippen LogP contribution >= 0.6 is 0 Å². The van der Waals surface area contributed by atoms with Crippen molar-refractivity contribution in [1.82, 2.24) is 0 Å². The minimum absolute atomic E-state index is 0.811. The lowest BCUT2D eigenvalue weighted by Gasteiger charge is -2.03. The van der Waals surface area contributed by atoms with Crippen LogP contribution in [0.3, 0.4) is 0 Å². The average Bonchev–Trinajstić information content (AvgIpc) is 2.81. The van der Waals surface area contributed by atoms with Crippen LogP contribution in [0.15, 0.2) is 35.4 Å². The molecule has 0 bridgehead atoms. The van der Waals surface area contributed by atoms with Crippen molar-refractivity contribution in [3.63, 3.8) is 0 Å². The molecule has 14 heavy (non-hydrogen) atoms. The van der Waals surface area contributed by atoms with Crippen LogP contribution in [-0.2, 0) is 6.42 Å². The van der Waals surface area contributed by atoms with Crippen LogP contribution in [0.5, 0.6) is 0 Å². The zero-order valence-corrected chi connectivity index (χ0v) is 8.88. The molecule has 1 fully saturated rings. The van der Waals surface area contributed by atoms with Gasteiger partial charge in [0.25, 0.3) is 0 Å². The van der Waals surface area contributed by atoms with Crippen molar-refractivity contribution in [3.05, 3.63) is 46.5 Å². The Morgan fingerprint density at radius 3 is 2.93 bits per heavy atom. The van der Waals surface area contributed by atoms with E-state index in [-0.39, 0.29) is 0 Å². The molecule has 72 valence electrons. The molecule has 0 aliphatic heterocycles. The Hall–Kier alpha value is -1.04. The minimum atomic E-state index is 0.811. The van der Waals surface area contributed by atoms with Crippen molar-refractivity contribution in [2.45, 2.75) is 32.6 Å². The molecule has 1 aromatic rings. The van der Waals surface area contributed by atoms with E-state index in [0.29, 0.717) is 0 Å². The summed E-state index contributed by atoms with van der Waals surface area (Å²) in [5, 5.41) is 0. The molecule has 0 nitrogen and oxygen atoms in total. The Labute approximate surface area is 85.6 Å². The van der Waals surface area contributed by atoms with Crippen LogP contribution in [-0.4, -0.2) is 0 Å². The highest BCUT2D eigenvalue weighted by Crippen LogP contribution is 2.62. The van der Waals surface area contributed by atoms with Crippen LogP contribution in [0.25, 0.3) is 0 Å². The lowest BCUT2D eigenvalue weighted by molar-refractivity contribution is 0.877. The summed E-state index contributed by atoms with van der Waals surface area (Å²) in [6.07, 6.45) is 2.53. The summed E-state index contributed by atoms with van der Waals surface area (Å²) in [6, 6.07) is 8.95. The van der Waals surface area contributed by atoms with E-state index in [1.165, 1.54) is 12.8 Å². The first-order chi connectivity index (χ1) is 6.83. The maximum Gasteiger partial charge on any atom is 0.0126 e. The predicted octanol–water partition coefficient (Wildman–Crippen LogP) is 3.68. The predicted molar refractivity (Wildman–Crippen MR) is 59.4 cm³/mol. The second-order valence-corrected chi connectivity index (χ2v) is 4.58. The number of rotatable bonds is 1. The molecule has 1 saturated carbocycles. The van der Waals surface area contributed by atoms with E-state index >= 15 is 0 Å². The molecule has 0 heteroatoms. The Balaban J connectivity index is 2.02. The SMILES string of the molecule is CC/C(C)=C1/[C@H]2Cc3ccccc3[C@@H]12. The number of hydrogen-bond acceptors (Lipinski definition) is 0. The van der Waals surface area contributed by atoms with Gasteiger partial charge in [0, 0.05) is 5.92 Å². The van der Waals surface area contributed by atoms with Gasteiger partial charge in [-0.05, 0) is 36.8 Å². The van der Waals surface area contributed by atoms with Crippen LogP contribution < -0.4 is 0 Å². The molecule has 0 amide bonds. The second-order valence-electron chi connectivity index (χ2n) is 4.58. The third-order valence-electron chi connectivity index (χ3n) is 3.88. The Bertz CT molecular complexity index is 412. The van der Waals surface area contributed by atoms with Gasteiger partial charge >= 0.3 is 0 Å². The third-order valence-corrected chi connectivity index (χ3v) is 3.88. The first kappa shape index (κ1) is 8.28. The summed E-state index contributed by atoms with van der Waals surface area (Å²) < 4.78 is 0. The first-order valence-corrected chi connectivity index (χ1v) is 5.60. The molecule has 0 spiro atoms. The van der Waals surface area contributed by atoms with E-state index in [0.717, 1.165) is 11.8 Å². The normalized spacial score (nSPS) is 31.0. The molecule has 0 heterocycles. The maximum atomic E-state index is 2.32. The molecule has 1 aromatic carbocycles. The molecular weight excluding hydrogens is 168 g/mol. The fraction of sp³-hybridized carbons (Fsp3) is 0.429. The van der Waals surface area contributed by atoms with Crippen molar-refractivity contribution < 1.29 is 0 Å². The van der Waals surface area contributed by atoms with Crippen LogP contribution in [0.2, 0.25) is 0 Å². The lowest BCUT2D eigenvalue weighted by Crippen LogP contribution is -1.87. The minimum Gasteiger partial charge on any atom is -0.0734 e. The van der Waals surface area contributed by atoms with E-state index < -0.39 is 0 Å². The quantitative estimate of drug-likeness (QED) is 0.584. The smallest absolute Gasteiger partial charge is 0.0126 e. The van der Waals surface area contributed by atoms with Crippen molar-refractivity contribution in [2.75, 3.05) is 0 Å². The number of benzene rings is 1. The Kier molecular flexibility index (Phi) is 1.61. The van der Waals surface area contributed by atoms with Gasteiger partial charge in [-0.2, -0.15) is 0 Å². The fourth-order valence-corrected chi connectivity index (χ4v) is 2.98. The molecule has 2 atom stereocenters. The van der Waals surface area contributed by atoms with Crippen molar-refractivity contribution in [1.29, 1.82) is 0 Å². The Morgan fingerprint density at radius 2 is 2.14 bits per heavy atom. The van der Waals surface area contributed by atoms with Gasteiger partial charge in [0.2, 0.25) is 0 Å². The molecule has 0 saturated heterocycles. The average molecular weight is 184 g/mol. The highest BCUT2D eigenvalue weighted by atomic mass is 14.5. The molecule has 0 N–H and O–H groups in total. The molecule has 2 aliphatic carbocycles. The van der Waals surface area contributed by atoms with Gasteiger partial charge in [-0.25, -0.2) is 0 Å². The second kappa shape index (κ2) is 2.73. The van der Waals surface area contributed by atoms with Gasteiger partial charge in [0.15, 0.2) is 0 Å². The summed E-state index contributed by atoms with van der Waals surface area (Å²) in [5.41, 5.74) is 6.59. The van der Waals surface area contributed by atoms with Gasteiger partial charge in [-0.1, -0.05) is 42.3 Å². The van der Waals surface area contributed by atoms with Crippen LogP contribution in [0, 0.1) is 5.92 Å². The molecule has 2 aliphatic rings. The number of hydrogen-bond donors (Lipinski definition) is 0.